The van der Waals surface area contributed by atoms with E-state index in [1.165, 1.54) is 6.20 Å². The van der Waals surface area contributed by atoms with Crippen molar-refractivity contribution in [3.05, 3.63) is 71.1 Å². The number of nitrogens with zero attached hydrogens (tertiary/aromatic N) is 2. The van der Waals surface area contributed by atoms with Crippen molar-refractivity contribution >= 4 is 22.5 Å². The third kappa shape index (κ3) is 2.09. The zero-order valence-corrected chi connectivity index (χ0v) is 12.5. The fraction of sp³-hybridized carbons (Fsp3) is 0.111. The number of amides is 1. The van der Waals surface area contributed by atoms with Crippen LogP contribution in [0.5, 0.6) is 5.75 Å². The Kier molecular flexibility index (Phi) is 2.94. The number of carbonyl (C=O) groups is 1. The second kappa shape index (κ2) is 4.98. The molecule has 5 heteroatoms. The largest absolute Gasteiger partial charge is 0.618 e. The molecule has 0 radical (unpaired) electrons. The van der Waals surface area contributed by atoms with Crippen LogP contribution in [0.15, 0.2) is 54.7 Å². The number of rotatable bonds is 2. The average Bonchev–Trinajstić information content (AvgIpc) is 2.91. The summed E-state index contributed by atoms with van der Waals surface area (Å²) in [6, 6.07) is 14.5. The van der Waals surface area contributed by atoms with Crippen molar-refractivity contribution in [3.8, 4) is 5.75 Å². The van der Waals surface area contributed by atoms with Crippen LogP contribution in [-0.2, 0) is 6.54 Å². The van der Waals surface area contributed by atoms with Crippen LogP contribution in [0.2, 0.25) is 0 Å². The summed E-state index contributed by atoms with van der Waals surface area (Å²) in [4.78, 5) is 14.4. The zero-order chi connectivity index (χ0) is 16.0. The lowest BCUT2D eigenvalue weighted by atomic mass is 10.1. The highest BCUT2D eigenvalue weighted by Gasteiger charge is 2.29. The molecular weight excluding hydrogens is 292 g/mol. The summed E-state index contributed by atoms with van der Waals surface area (Å²) in [5, 5.41) is 12.6. The van der Waals surface area contributed by atoms with E-state index in [2.05, 4.69) is 0 Å². The molecule has 1 aliphatic rings. The molecule has 0 saturated carbocycles. The molecule has 2 heterocycles. The lowest BCUT2D eigenvalue weighted by Gasteiger charge is -2.16. The quantitative estimate of drug-likeness (QED) is 0.540. The molecule has 1 amide bonds. The lowest BCUT2D eigenvalue weighted by Crippen LogP contribution is -2.26. The predicted octanol–water partition coefficient (Wildman–Crippen LogP) is 2.64. The van der Waals surface area contributed by atoms with Gasteiger partial charge >= 0.3 is 0 Å². The van der Waals surface area contributed by atoms with Crippen LogP contribution in [0.1, 0.15) is 15.9 Å². The first-order valence-electron chi connectivity index (χ1n) is 7.28. The molecule has 5 nitrogen and oxygen atoms in total. The fourth-order valence-corrected chi connectivity index (χ4v) is 2.96. The van der Waals surface area contributed by atoms with Crippen LogP contribution in [0.4, 0.5) is 5.69 Å². The molecule has 114 valence electrons. The first kappa shape index (κ1) is 13.6. The van der Waals surface area contributed by atoms with Crippen LogP contribution in [0.3, 0.4) is 0 Å². The molecule has 0 unspecified atom stereocenters. The molecular formula is C18H14N2O3. The SMILES string of the molecule is COc1ccc2c(c1)C(=O)N(c1ccc3c(ccc[n+]3[O-])c1)C2. The van der Waals surface area contributed by atoms with E-state index >= 15 is 0 Å². The highest BCUT2D eigenvalue weighted by molar-refractivity contribution is 6.10. The van der Waals surface area contributed by atoms with Gasteiger partial charge in [0.15, 0.2) is 6.20 Å². The molecule has 0 bridgehead atoms. The fourth-order valence-electron chi connectivity index (χ4n) is 2.96. The van der Waals surface area contributed by atoms with Gasteiger partial charge in [-0.3, -0.25) is 4.79 Å². The van der Waals surface area contributed by atoms with E-state index in [4.69, 9.17) is 4.74 Å². The number of benzene rings is 2. The smallest absolute Gasteiger partial charge is 0.259 e. The van der Waals surface area contributed by atoms with Crippen LogP contribution >= 0.6 is 0 Å². The summed E-state index contributed by atoms with van der Waals surface area (Å²) >= 11 is 0. The van der Waals surface area contributed by atoms with Gasteiger partial charge in [-0.25, -0.2) is 0 Å². The Hall–Kier alpha value is -3.08. The van der Waals surface area contributed by atoms with Gasteiger partial charge in [0.1, 0.15) is 5.75 Å². The van der Waals surface area contributed by atoms with Gasteiger partial charge < -0.3 is 14.8 Å². The van der Waals surface area contributed by atoms with Crippen LogP contribution in [0.25, 0.3) is 10.9 Å². The van der Waals surface area contributed by atoms with Crippen molar-refractivity contribution in [2.75, 3.05) is 12.0 Å². The van der Waals surface area contributed by atoms with Gasteiger partial charge in [0.25, 0.3) is 5.91 Å². The summed E-state index contributed by atoms with van der Waals surface area (Å²) in [5.74, 6) is 0.619. The van der Waals surface area contributed by atoms with E-state index < -0.39 is 0 Å². The molecule has 1 aromatic heterocycles. The van der Waals surface area contributed by atoms with E-state index in [0.29, 0.717) is 23.4 Å². The minimum Gasteiger partial charge on any atom is -0.618 e. The van der Waals surface area contributed by atoms with Gasteiger partial charge in [-0.15, -0.1) is 0 Å². The molecule has 0 aliphatic carbocycles. The number of fused-ring (bicyclic) bond motifs is 2. The van der Waals surface area contributed by atoms with Crippen molar-refractivity contribution in [1.29, 1.82) is 0 Å². The Morgan fingerprint density at radius 1 is 1.17 bits per heavy atom. The molecule has 3 aromatic rings. The van der Waals surface area contributed by atoms with Gasteiger partial charge in [0.2, 0.25) is 5.52 Å². The maximum Gasteiger partial charge on any atom is 0.259 e. The average molecular weight is 306 g/mol. The van der Waals surface area contributed by atoms with Crippen LogP contribution < -0.4 is 14.4 Å². The Morgan fingerprint density at radius 3 is 2.87 bits per heavy atom. The van der Waals surface area contributed by atoms with Crippen molar-refractivity contribution in [1.82, 2.24) is 0 Å². The number of carbonyl (C=O) groups excluding carboxylic acids is 1. The Bertz CT molecular complexity index is 937. The first-order chi connectivity index (χ1) is 11.2. The maximum absolute atomic E-state index is 12.7. The second-order valence-corrected chi connectivity index (χ2v) is 5.49. The van der Waals surface area contributed by atoms with Gasteiger partial charge in [-0.1, -0.05) is 6.07 Å². The Morgan fingerprint density at radius 2 is 2.04 bits per heavy atom. The summed E-state index contributed by atoms with van der Waals surface area (Å²) in [5.41, 5.74) is 3.00. The van der Waals surface area contributed by atoms with Gasteiger partial charge in [-0.05, 0) is 35.9 Å². The molecule has 2 aromatic carbocycles. The number of methoxy groups -OCH3 is 1. The molecule has 23 heavy (non-hydrogen) atoms. The zero-order valence-electron chi connectivity index (χ0n) is 12.5. The molecule has 0 saturated heterocycles. The minimum absolute atomic E-state index is 0.0517. The maximum atomic E-state index is 12.7. The lowest BCUT2D eigenvalue weighted by molar-refractivity contribution is -0.577. The topological polar surface area (TPSA) is 56.5 Å². The Labute approximate surface area is 132 Å². The van der Waals surface area contributed by atoms with Crippen molar-refractivity contribution in [3.63, 3.8) is 0 Å². The number of aromatic nitrogens is 1. The molecule has 0 fully saturated rings. The predicted molar refractivity (Wildman–Crippen MR) is 86.4 cm³/mol. The molecule has 0 N–H and O–H groups in total. The highest BCUT2D eigenvalue weighted by Crippen LogP contribution is 2.31. The Balaban J connectivity index is 1.76. The normalized spacial score (nSPS) is 13.4. The summed E-state index contributed by atoms with van der Waals surface area (Å²) in [6.07, 6.45) is 1.46. The second-order valence-electron chi connectivity index (χ2n) is 5.49. The minimum atomic E-state index is -0.0517. The summed E-state index contributed by atoms with van der Waals surface area (Å²) in [6.45, 7) is 0.522. The van der Waals surface area contributed by atoms with Gasteiger partial charge in [0, 0.05) is 28.8 Å². The third-order valence-corrected chi connectivity index (χ3v) is 4.18. The van der Waals surface area contributed by atoms with E-state index in [9.17, 15) is 10.0 Å². The number of hydrogen-bond donors (Lipinski definition) is 0. The van der Waals surface area contributed by atoms with Crippen molar-refractivity contribution in [2.24, 2.45) is 0 Å². The summed E-state index contributed by atoms with van der Waals surface area (Å²) < 4.78 is 6.02. The number of anilines is 1. The molecule has 1 aliphatic heterocycles. The van der Waals surface area contributed by atoms with E-state index in [-0.39, 0.29) is 5.91 Å². The van der Waals surface area contributed by atoms with Gasteiger partial charge in [-0.2, -0.15) is 4.73 Å². The van der Waals surface area contributed by atoms with Crippen LogP contribution in [-0.4, -0.2) is 13.0 Å². The molecule has 4 rings (SSSR count). The summed E-state index contributed by atoms with van der Waals surface area (Å²) in [7, 11) is 1.58. The highest BCUT2D eigenvalue weighted by atomic mass is 16.5. The molecule has 0 spiro atoms. The van der Waals surface area contributed by atoms with Crippen LogP contribution in [0, 0.1) is 5.21 Å². The number of ether oxygens (including phenoxy) is 1. The standard InChI is InChI=1S/C18H14N2O3/c1-23-15-6-4-13-11-19(18(21)16(13)10-15)14-5-7-17-12(9-14)3-2-8-20(17)22/h2-10H,11H2,1H3. The van der Waals surface area contributed by atoms with E-state index in [1.54, 1.807) is 36.3 Å². The first-order valence-corrected chi connectivity index (χ1v) is 7.28. The van der Waals surface area contributed by atoms with E-state index in [1.807, 2.05) is 24.3 Å². The monoisotopic (exact) mass is 306 g/mol. The number of hydrogen-bond acceptors (Lipinski definition) is 3. The van der Waals surface area contributed by atoms with Crippen molar-refractivity contribution in [2.45, 2.75) is 6.54 Å². The third-order valence-electron chi connectivity index (χ3n) is 4.18. The van der Waals surface area contributed by atoms with Gasteiger partial charge in [0.05, 0.1) is 13.7 Å². The number of pyridine rings is 1. The molecule has 0 atom stereocenters. The van der Waals surface area contributed by atoms with E-state index in [0.717, 1.165) is 21.4 Å². The van der Waals surface area contributed by atoms with Crippen molar-refractivity contribution < 1.29 is 14.3 Å².